The normalized spacial score (nSPS) is 17.6. The third-order valence-corrected chi connectivity index (χ3v) is 4.69. The Bertz CT molecular complexity index is 1580. The summed E-state index contributed by atoms with van der Waals surface area (Å²) >= 11 is 0. The van der Waals surface area contributed by atoms with Crippen LogP contribution in [-0.2, 0) is 20.1 Å². The van der Waals surface area contributed by atoms with Crippen molar-refractivity contribution in [3.8, 4) is 11.3 Å². The molecule has 0 unspecified atom stereocenters. The molecule has 1 radical (unpaired) electrons. The molecule has 3 aromatic carbocycles. The van der Waals surface area contributed by atoms with Gasteiger partial charge in [0.15, 0.2) is 0 Å². The summed E-state index contributed by atoms with van der Waals surface area (Å²) in [5.41, 5.74) is 1.35. The average molecular weight is 537 g/mol. The van der Waals surface area contributed by atoms with Crippen molar-refractivity contribution >= 4 is 27.3 Å². The maximum absolute atomic E-state index is 8.07. The molecule has 0 spiro atoms. The monoisotopic (exact) mass is 537 g/mol. The van der Waals surface area contributed by atoms with Gasteiger partial charge in [-0.1, -0.05) is 41.3 Å². The van der Waals surface area contributed by atoms with Gasteiger partial charge in [0.05, 0.1) is 11.3 Å². The van der Waals surface area contributed by atoms with Gasteiger partial charge in [-0.3, -0.25) is 4.98 Å². The van der Waals surface area contributed by atoms with Gasteiger partial charge in [-0.2, -0.15) is 0 Å². The maximum atomic E-state index is 8.07. The first-order chi connectivity index (χ1) is 16.3. The second kappa shape index (κ2) is 6.60. The largest absolute Gasteiger partial charge is 0.333 e. The Morgan fingerprint density at radius 2 is 1.81 bits per heavy atom. The Hall–Kier alpha value is -2.48. The predicted molar refractivity (Wildman–Crippen MR) is 109 cm³/mol. The van der Waals surface area contributed by atoms with E-state index in [-0.39, 0.29) is 42.4 Å². The molecule has 0 aliphatic rings. The van der Waals surface area contributed by atoms with E-state index < -0.39 is 20.6 Å². The minimum atomic E-state index is -2.58. The molecule has 0 aliphatic carbocycles. The van der Waals surface area contributed by atoms with Crippen LogP contribution in [0.5, 0.6) is 0 Å². The molecule has 0 saturated heterocycles. The standard InChI is InChI=1S/C24H19N2.Ir/c1-15-11-12-21-20(13-15)18-9-4-5-10-19(18)24-25-14-22(26(21)24)23-16(2)7-6-8-17(23)3;/h4-9,11-14H,1-3H3;/q-1;/i1D3,2D3,3D3;. The second-order valence-electron chi connectivity index (χ2n) is 6.22. The summed E-state index contributed by atoms with van der Waals surface area (Å²) in [5, 5.41) is 1.95. The van der Waals surface area contributed by atoms with Gasteiger partial charge >= 0.3 is 0 Å². The van der Waals surface area contributed by atoms with Gasteiger partial charge in [0.1, 0.15) is 0 Å². The Kier molecular flexibility index (Phi) is 2.48. The number of aryl methyl sites for hydroxylation is 3. The van der Waals surface area contributed by atoms with Crippen molar-refractivity contribution in [3.05, 3.63) is 83.6 Å². The Labute approximate surface area is 184 Å². The molecular weight excluding hydrogens is 508 g/mol. The molecule has 27 heavy (non-hydrogen) atoms. The first-order valence-corrected chi connectivity index (χ1v) is 8.17. The van der Waals surface area contributed by atoms with Crippen molar-refractivity contribution < 1.29 is 32.4 Å². The maximum Gasteiger partial charge on any atom is 0.0639 e. The average Bonchev–Trinajstić information content (AvgIpc) is 3.22. The van der Waals surface area contributed by atoms with E-state index in [1.807, 2.05) is 6.07 Å². The van der Waals surface area contributed by atoms with Crippen molar-refractivity contribution in [2.45, 2.75) is 20.6 Å². The van der Waals surface area contributed by atoms with Crippen molar-refractivity contribution in [2.75, 3.05) is 0 Å². The molecule has 135 valence electrons. The molecule has 0 saturated carbocycles. The predicted octanol–water partition coefficient (Wildman–Crippen LogP) is 6.03. The minimum absolute atomic E-state index is 0. The first-order valence-electron chi connectivity index (χ1n) is 12.7. The summed E-state index contributed by atoms with van der Waals surface area (Å²) in [5.74, 6) is 0. The van der Waals surface area contributed by atoms with E-state index in [1.54, 1.807) is 28.7 Å². The molecule has 0 atom stereocenters. The fourth-order valence-electron chi connectivity index (χ4n) is 3.57. The molecule has 0 amide bonds. The summed E-state index contributed by atoms with van der Waals surface area (Å²) < 4.78 is 73.6. The SMILES string of the molecule is [2H]C([2H])([2H])c1ccc2c(c1)c1ccc[c-]c1c1ncc(-c3c(C([2H])([2H])[2H])cccc3C([2H])([2H])[2H])n21.[Ir]. The van der Waals surface area contributed by atoms with Crippen LogP contribution in [0.4, 0.5) is 0 Å². The molecule has 0 aliphatic heterocycles. The molecule has 5 rings (SSSR count). The van der Waals surface area contributed by atoms with Gasteiger partial charge in [0, 0.05) is 49.7 Å². The van der Waals surface area contributed by atoms with E-state index in [1.165, 1.54) is 30.5 Å². The molecule has 0 N–H and O–H groups in total. The summed E-state index contributed by atoms with van der Waals surface area (Å²) in [6, 6.07) is 17.5. The van der Waals surface area contributed by atoms with Gasteiger partial charge in [-0.25, -0.2) is 0 Å². The summed E-state index contributed by atoms with van der Waals surface area (Å²) in [6.45, 7) is -7.48. The third kappa shape index (κ3) is 2.62. The zero-order valence-electron chi connectivity index (χ0n) is 23.0. The van der Waals surface area contributed by atoms with Gasteiger partial charge in [-0.05, 0) is 43.1 Å². The van der Waals surface area contributed by atoms with Crippen LogP contribution < -0.4 is 0 Å². The van der Waals surface area contributed by atoms with Crippen molar-refractivity contribution in [1.29, 1.82) is 0 Å². The summed E-state index contributed by atoms with van der Waals surface area (Å²) in [7, 11) is 0. The van der Waals surface area contributed by atoms with Crippen LogP contribution in [0.1, 0.15) is 29.0 Å². The molecule has 5 aromatic rings. The number of rotatable bonds is 1. The fourth-order valence-corrected chi connectivity index (χ4v) is 3.57. The summed E-state index contributed by atoms with van der Waals surface area (Å²) in [4.78, 5) is 4.54. The minimum Gasteiger partial charge on any atom is -0.333 e. The van der Waals surface area contributed by atoms with E-state index in [9.17, 15) is 0 Å². The van der Waals surface area contributed by atoms with Crippen molar-refractivity contribution in [2.24, 2.45) is 0 Å². The number of benzene rings is 3. The van der Waals surface area contributed by atoms with Crippen LogP contribution >= 0.6 is 0 Å². The Morgan fingerprint density at radius 1 is 0.963 bits per heavy atom. The van der Waals surface area contributed by atoms with Crippen molar-refractivity contribution in [3.63, 3.8) is 0 Å². The number of fused-ring (bicyclic) bond motifs is 6. The smallest absolute Gasteiger partial charge is 0.0639 e. The molecule has 0 bridgehead atoms. The Balaban J connectivity index is 0.00000304. The molecule has 0 fully saturated rings. The number of aromatic nitrogens is 2. The first kappa shape index (κ1) is 10.2. The molecular formula is C24H19IrN2-. The number of hydrogen-bond acceptors (Lipinski definition) is 1. The van der Waals surface area contributed by atoms with Crippen LogP contribution in [-0.4, -0.2) is 9.38 Å². The zero-order valence-corrected chi connectivity index (χ0v) is 16.4. The van der Waals surface area contributed by atoms with Crippen LogP contribution in [0.25, 0.3) is 38.6 Å². The quantitative estimate of drug-likeness (QED) is 0.189. The van der Waals surface area contributed by atoms with E-state index in [4.69, 9.17) is 12.3 Å². The fraction of sp³-hybridized carbons (Fsp3) is 0.125. The molecule has 2 heterocycles. The number of pyridine rings is 1. The van der Waals surface area contributed by atoms with Gasteiger partial charge in [0.2, 0.25) is 0 Å². The number of imidazole rings is 1. The van der Waals surface area contributed by atoms with Crippen LogP contribution in [0.3, 0.4) is 0 Å². The molecule has 2 nitrogen and oxygen atoms in total. The molecule has 3 heteroatoms. The van der Waals surface area contributed by atoms with E-state index in [0.29, 0.717) is 27.6 Å². The number of hydrogen-bond donors (Lipinski definition) is 0. The Morgan fingerprint density at radius 3 is 2.59 bits per heavy atom. The van der Waals surface area contributed by atoms with Gasteiger partial charge < -0.3 is 4.40 Å². The van der Waals surface area contributed by atoms with Crippen LogP contribution in [0, 0.1) is 26.6 Å². The van der Waals surface area contributed by atoms with Gasteiger partial charge in [0.25, 0.3) is 0 Å². The number of nitrogens with zero attached hydrogens (tertiary/aromatic N) is 2. The van der Waals surface area contributed by atoms with Crippen LogP contribution in [0.2, 0.25) is 0 Å². The van der Waals surface area contributed by atoms with Crippen LogP contribution in [0.15, 0.2) is 60.8 Å². The van der Waals surface area contributed by atoms with Crippen molar-refractivity contribution in [1.82, 2.24) is 9.38 Å². The topological polar surface area (TPSA) is 17.3 Å². The molecule has 2 aromatic heterocycles. The van der Waals surface area contributed by atoms with E-state index >= 15 is 0 Å². The van der Waals surface area contributed by atoms with Gasteiger partial charge in [-0.15, -0.1) is 29.7 Å². The van der Waals surface area contributed by atoms with E-state index in [0.717, 1.165) is 5.39 Å². The third-order valence-electron chi connectivity index (χ3n) is 4.69. The zero-order chi connectivity index (χ0) is 25.3. The summed E-state index contributed by atoms with van der Waals surface area (Å²) in [6.07, 6.45) is 1.46. The van der Waals surface area contributed by atoms with E-state index in [2.05, 4.69) is 11.1 Å². The second-order valence-corrected chi connectivity index (χ2v) is 6.22.